The number of aliphatic imine (C=N–C) groups is 2. The van der Waals surface area contributed by atoms with Crippen molar-refractivity contribution in [2.24, 2.45) is 33.2 Å². The number of carbonyl (C=O) groups excluding carboxylic acids is 2. The molecule has 2 aliphatic heterocycles. The number of Topliss-reactive ketones (excluding diaryl/α,β-unsaturated/α-hetero) is 1. The minimum absolute atomic E-state index is 0.0707. The number of ketones is 1. The van der Waals surface area contributed by atoms with E-state index < -0.39 is 35.6 Å². The molecule has 37 heavy (non-hydrogen) atoms. The van der Waals surface area contributed by atoms with Crippen LogP contribution in [-0.4, -0.2) is 63.9 Å². The predicted molar refractivity (Wildman–Crippen MR) is 147 cm³/mol. The molecule has 3 rings (SSSR count). The summed E-state index contributed by atoms with van der Waals surface area (Å²) in [4.78, 5) is 39.7. The van der Waals surface area contributed by atoms with Gasteiger partial charge in [-0.1, -0.05) is 34.1 Å². The van der Waals surface area contributed by atoms with Crippen molar-refractivity contribution in [1.29, 1.82) is 0 Å². The van der Waals surface area contributed by atoms with E-state index in [2.05, 4.69) is 15.0 Å². The maximum absolute atomic E-state index is 13.3. The number of cyclic esters (lactones) is 1. The van der Waals surface area contributed by atoms with Gasteiger partial charge in [-0.15, -0.1) is 11.3 Å². The third kappa shape index (κ3) is 7.42. The molecule has 7 atom stereocenters. The van der Waals surface area contributed by atoms with Crippen molar-refractivity contribution in [3.63, 3.8) is 0 Å². The molecule has 0 spiro atoms. The first-order valence-electron chi connectivity index (χ1n) is 13.1. The summed E-state index contributed by atoms with van der Waals surface area (Å²) in [7, 11) is 0. The highest BCUT2D eigenvalue weighted by atomic mass is 32.1. The Bertz CT molecular complexity index is 1050. The van der Waals surface area contributed by atoms with Gasteiger partial charge in [0, 0.05) is 29.9 Å². The maximum atomic E-state index is 13.3. The lowest BCUT2D eigenvalue weighted by atomic mass is 9.73. The quantitative estimate of drug-likeness (QED) is 0.545. The minimum atomic E-state index is -1.25. The van der Waals surface area contributed by atoms with Crippen LogP contribution in [0.3, 0.4) is 0 Å². The number of hydrogen-bond acceptors (Lipinski definition) is 9. The number of carbonyl (C=O) groups is 2. The summed E-state index contributed by atoms with van der Waals surface area (Å²) < 4.78 is 5.93. The van der Waals surface area contributed by atoms with Gasteiger partial charge in [-0.05, 0) is 44.3 Å². The van der Waals surface area contributed by atoms with Gasteiger partial charge in [-0.3, -0.25) is 14.6 Å². The van der Waals surface area contributed by atoms with Crippen molar-refractivity contribution < 1.29 is 24.5 Å². The molecule has 1 fully saturated rings. The Morgan fingerprint density at radius 2 is 1.95 bits per heavy atom. The van der Waals surface area contributed by atoms with Crippen molar-refractivity contribution >= 4 is 41.7 Å². The molecule has 0 aromatic carbocycles. The fourth-order valence-electron chi connectivity index (χ4n) is 5.17. The zero-order chi connectivity index (χ0) is 27.3. The van der Waals surface area contributed by atoms with Crippen LogP contribution >= 0.6 is 11.3 Å². The lowest BCUT2D eigenvalue weighted by Crippen LogP contribution is -2.46. The summed E-state index contributed by atoms with van der Waals surface area (Å²) in [6.07, 6.45) is 5.29. The summed E-state index contributed by atoms with van der Waals surface area (Å²) in [6.45, 7) is 10.7. The Hall–Kier alpha value is -2.23. The Kier molecular flexibility index (Phi) is 9.94. The monoisotopic (exact) mass is 531 g/mol. The van der Waals surface area contributed by atoms with E-state index in [0.717, 1.165) is 35.5 Å². The first-order chi connectivity index (χ1) is 17.4. The fraction of sp³-hybridized carbons (Fsp3) is 0.679. The Labute approximate surface area is 224 Å². The summed E-state index contributed by atoms with van der Waals surface area (Å²) in [5.74, 6) is -1.54. The van der Waals surface area contributed by atoms with E-state index in [0.29, 0.717) is 6.42 Å². The number of aliphatic hydroxyl groups is 2. The van der Waals surface area contributed by atoms with Gasteiger partial charge >= 0.3 is 5.97 Å². The lowest BCUT2D eigenvalue weighted by Gasteiger charge is -2.35. The van der Waals surface area contributed by atoms with Crippen LogP contribution in [0.15, 0.2) is 20.9 Å². The van der Waals surface area contributed by atoms with Crippen molar-refractivity contribution in [1.82, 2.24) is 4.98 Å². The second-order valence-electron chi connectivity index (χ2n) is 11.2. The summed E-state index contributed by atoms with van der Waals surface area (Å²) >= 11 is 1.55. The van der Waals surface area contributed by atoms with Gasteiger partial charge < -0.3 is 14.9 Å². The number of aliphatic hydroxyl groups excluding tert-OH is 2. The smallest absolute Gasteiger partial charge is 0.309 e. The third-order valence-electron chi connectivity index (χ3n) is 7.88. The van der Waals surface area contributed by atoms with Crippen LogP contribution in [-0.2, 0) is 14.3 Å². The Morgan fingerprint density at radius 3 is 2.62 bits per heavy atom. The van der Waals surface area contributed by atoms with Gasteiger partial charge in [0.25, 0.3) is 0 Å². The summed E-state index contributed by atoms with van der Waals surface area (Å²) in [5.41, 5.74) is 0.428. The second-order valence-corrected chi connectivity index (χ2v) is 12.2. The molecule has 204 valence electrons. The van der Waals surface area contributed by atoms with E-state index in [4.69, 9.17) is 4.74 Å². The van der Waals surface area contributed by atoms with Crippen molar-refractivity contribution in [2.45, 2.75) is 98.0 Å². The molecule has 0 amide bonds. The number of hydrogen-bond donors (Lipinski definition) is 2. The van der Waals surface area contributed by atoms with Gasteiger partial charge in [-0.2, -0.15) is 0 Å². The number of aromatic nitrogens is 1. The molecule has 1 aromatic heterocycles. The molecule has 9 heteroatoms. The Morgan fingerprint density at radius 1 is 1.22 bits per heavy atom. The minimum Gasteiger partial charge on any atom is -0.458 e. The van der Waals surface area contributed by atoms with Crippen molar-refractivity contribution in [3.05, 3.63) is 21.7 Å². The number of aryl methyl sites for hydroxylation is 1. The number of fused-ring (bicyclic) bond motifs is 1. The topological polar surface area (TPSA) is 121 Å². The normalized spacial score (nSPS) is 34.2. The van der Waals surface area contributed by atoms with Crippen LogP contribution in [0.2, 0.25) is 0 Å². The van der Waals surface area contributed by atoms with E-state index >= 15 is 0 Å². The molecule has 8 nitrogen and oxygen atoms in total. The molecule has 2 unspecified atom stereocenters. The highest BCUT2D eigenvalue weighted by Gasteiger charge is 2.42. The van der Waals surface area contributed by atoms with Crippen LogP contribution < -0.4 is 0 Å². The Balaban J connectivity index is 1.92. The molecule has 0 aliphatic carbocycles. The largest absolute Gasteiger partial charge is 0.458 e. The van der Waals surface area contributed by atoms with Crippen molar-refractivity contribution in [3.8, 4) is 0 Å². The number of nitrogens with zero attached hydrogens (tertiary/aromatic N) is 3. The van der Waals surface area contributed by atoms with Crippen LogP contribution in [0.4, 0.5) is 0 Å². The lowest BCUT2D eigenvalue weighted by molar-refractivity contribution is -0.154. The molecule has 0 saturated carbocycles. The standard InChI is InChI=1S/C28H41N3O5S/c1-16-8-7-9-20-13-29-15-30-22(20)11-23(17(2)10-21-14-37-19(4)31-21)36-25(33)12-24(32)28(5,6)27(35)18(3)26(16)34/h10,13-16,18,20,22-24,26,32,34H,7-9,11-12H2,1-6H3/b17-10+/t16-,18+,20?,22?,23-,24-,26-/m0/s1. The summed E-state index contributed by atoms with van der Waals surface area (Å²) in [6, 6.07) is -0.120. The zero-order valence-corrected chi connectivity index (χ0v) is 23.6. The zero-order valence-electron chi connectivity index (χ0n) is 22.8. The van der Waals surface area contributed by atoms with Gasteiger partial charge in [0.05, 0.1) is 40.8 Å². The first-order valence-corrected chi connectivity index (χ1v) is 14.0. The second kappa shape index (κ2) is 12.5. The van der Waals surface area contributed by atoms with Crippen molar-refractivity contribution in [2.75, 3.05) is 0 Å². The predicted octanol–water partition coefficient (Wildman–Crippen LogP) is 4.42. The number of thiazole rings is 1. The van der Waals surface area contributed by atoms with Gasteiger partial charge in [0.15, 0.2) is 0 Å². The molecule has 0 radical (unpaired) electrons. The van der Waals surface area contributed by atoms with E-state index in [1.165, 1.54) is 0 Å². The van der Waals surface area contributed by atoms with Crippen LogP contribution in [0.25, 0.3) is 6.08 Å². The fourth-order valence-corrected chi connectivity index (χ4v) is 5.74. The van der Waals surface area contributed by atoms with E-state index in [1.54, 1.807) is 38.4 Å². The van der Waals surface area contributed by atoms with E-state index in [-0.39, 0.29) is 30.1 Å². The molecule has 2 N–H and O–H groups in total. The van der Waals surface area contributed by atoms with Gasteiger partial charge in [0.2, 0.25) is 0 Å². The van der Waals surface area contributed by atoms with Gasteiger partial charge in [0.1, 0.15) is 18.2 Å². The maximum Gasteiger partial charge on any atom is 0.309 e. The van der Waals surface area contributed by atoms with E-state index in [1.807, 2.05) is 38.4 Å². The highest BCUT2D eigenvalue weighted by Crippen LogP contribution is 2.33. The highest BCUT2D eigenvalue weighted by molar-refractivity contribution is 7.09. The number of esters is 1. The first kappa shape index (κ1) is 29.3. The molecular formula is C28H41N3O5S. The van der Waals surface area contributed by atoms with Crippen LogP contribution in [0.1, 0.15) is 77.4 Å². The average Bonchev–Trinajstić information content (AvgIpc) is 3.26. The summed E-state index contributed by atoms with van der Waals surface area (Å²) in [5, 5.41) is 24.7. The molecule has 1 saturated heterocycles. The third-order valence-corrected chi connectivity index (χ3v) is 8.67. The molecule has 2 aliphatic rings. The van der Waals surface area contributed by atoms with Crippen LogP contribution in [0, 0.1) is 30.1 Å². The molecule has 1 aromatic rings. The van der Waals surface area contributed by atoms with Crippen LogP contribution in [0.5, 0.6) is 0 Å². The average molecular weight is 532 g/mol. The van der Waals surface area contributed by atoms with E-state index in [9.17, 15) is 19.8 Å². The molecular weight excluding hydrogens is 490 g/mol. The number of ether oxygens (including phenoxy) is 1. The number of rotatable bonds is 2. The molecule has 0 bridgehead atoms. The SMILES string of the molecule is C/C(=C\c1csc(C)n1)[C@@H]1CC2N=CN=CC2CCC[C@H](C)[C@H](O)[C@@H](C)C(=O)C(C)(C)[C@@H](O)CC(=O)O1. The van der Waals surface area contributed by atoms with Gasteiger partial charge in [-0.25, -0.2) is 9.98 Å². The molecule has 3 heterocycles.